The van der Waals surface area contributed by atoms with Crippen LogP contribution in [0.25, 0.3) is 0 Å². The van der Waals surface area contributed by atoms with Gasteiger partial charge in [0.1, 0.15) is 17.8 Å². The number of piperidine rings is 1. The van der Waals surface area contributed by atoms with E-state index in [2.05, 4.69) is 20.6 Å². The van der Waals surface area contributed by atoms with Gasteiger partial charge in [-0.15, -0.1) is 0 Å². The highest BCUT2D eigenvalue weighted by Crippen LogP contribution is 2.16. The summed E-state index contributed by atoms with van der Waals surface area (Å²) >= 11 is 0. The minimum atomic E-state index is -0.288. The fourth-order valence-corrected chi connectivity index (χ4v) is 2.91. The number of hydrogen-bond donors (Lipinski definition) is 2. The Kier molecular flexibility index (Phi) is 6.19. The van der Waals surface area contributed by atoms with Crippen molar-refractivity contribution in [1.29, 1.82) is 0 Å². The summed E-state index contributed by atoms with van der Waals surface area (Å²) in [6, 6.07) is 11.0. The molecule has 0 aliphatic carbocycles. The van der Waals surface area contributed by atoms with E-state index in [-0.39, 0.29) is 18.0 Å². The van der Waals surface area contributed by atoms with E-state index in [0.717, 1.165) is 12.8 Å². The number of carbonyl (C=O) groups excluding carboxylic acids is 2. The highest BCUT2D eigenvalue weighted by atomic mass is 16.6. The van der Waals surface area contributed by atoms with E-state index in [1.165, 1.54) is 6.33 Å². The van der Waals surface area contributed by atoms with Crippen LogP contribution in [0, 0.1) is 0 Å². The van der Waals surface area contributed by atoms with Crippen molar-refractivity contribution in [2.75, 3.05) is 30.3 Å². The molecule has 1 fully saturated rings. The number of nitrogens with one attached hydrogen (secondary N) is 2. The summed E-state index contributed by atoms with van der Waals surface area (Å²) in [4.78, 5) is 34.1. The Morgan fingerprint density at radius 1 is 1.19 bits per heavy atom. The van der Waals surface area contributed by atoms with Gasteiger partial charge in [-0.3, -0.25) is 4.79 Å². The van der Waals surface area contributed by atoms with E-state index in [9.17, 15) is 9.59 Å². The summed E-state index contributed by atoms with van der Waals surface area (Å²) < 4.78 is 5.03. The summed E-state index contributed by atoms with van der Waals surface area (Å²) in [6.45, 7) is 3.44. The molecular weight excluding hydrogens is 346 g/mol. The molecule has 2 heterocycles. The highest BCUT2D eigenvalue weighted by molar-refractivity contribution is 6.03. The van der Waals surface area contributed by atoms with E-state index >= 15 is 0 Å². The van der Waals surface area contributed by atoms with Crippen molar-refractivity contribution < 1.29 is 14.3 Å². The molecule has 2 amide bonds. The minimum absolute atomic E-state index is 0.176. The molecule has 1 aliphatic rings. The van der Waals surface area contributed by atoms with Crippen LogP contribution in [0.3, 0.4) is 0 Å². The molecule has 0 spiro atoms. The van der Waals surface area contributed by atoms with Crippen molar-refractivity contribution in [3.63, 3.8) is 0 Å². The lowest BCUT2D eigenvalue weighted by Gasteiger charge is -2.31. The number of benzene rings is 1. The normalized spacial score (nSPS) is 14.5. The number of para-hydroxylation sites is 1. The van der Waals surface area contributed by atoms with Crippen LogP contribution in [-0.4, -0.2) is 52.6 Å². The standard InChI is InChI=1S/C19H23N5O3/c1-2-27-19(26)24-10-8-15(9-11-24)22-17-12-16(20-13-21-17)18(25)23-14-6-4-3-5-7-14/h3-7,12-13,15H,2,8-11H2,1H3,(H,23,25)(H,20,21,22). The molecule has 0 unspecified atom stereocenters. The van der Waals surface area contributed by atoms with Crippen LogP contribution in [-0.2, 0) is 4.74 Å². The number of ether oxygens (including phenoxy) is 1. The lowest BCUT2D eigenvalue weighted by Crippen LogP contribution is -2.42. The monoisotopic (exact) mass is 369 g/mol. The average molecular weight is 369 g/mol. The van der Waals surface area contributed by atoms with Gasteiger partial charge in [0.25, 0.3) is 5.91 Å². The van der Waals surface area contributed by atoms with Crippen LogP contribution in [0.15, 0.2) is 42.7 Å². The van der Waals surface area contributed by atoms with Crippen molar-refractivity contribution in [2.24, 2.45) is 0 Å². The van der Waals surface area contributed by atoms with Crippen LogP contribution in [0.2, 0.25) is 0 Å². The topological polar surface area (TPSA) is 96.5 Å². The molecule has 1 aromatic heterocycles. The lowest BCUT2D eigenvalue weighted by molar-refractivity contribution is 0.0980. The van der Waals surface area contributed by atoms with Gasteiger partial charge >= 0.3 is 6.09 Å². The predicted molar refractivity (Wildman–Crippen MR) is 102 cm³/mol. The maximum absolute atomic E-state index is 12.4. The van der Waals surface area contributed by atoms with Gasteiger partial charge in [-0.25, -0.2) is 14.8 Å². The van der Waals surface area contributed by atoms with E-state index in [4.69, 9.17) is 4.74 Å². The Hall–Kier alpha value is -3.16. The van der Waals surface area contributed by atoms with E-state index < -0.39 is 0 Å². The highest BCUT2D eigenvalue weighted by Gasteiger charge is 2.23. The second-order valence-corrected chi connectivity index (χ2v) is 6.21. The SMILES string of the molecule is CCOC(=O)N1CCC(Nc2cc(C(=O)Nc3ccccc3)ncn2)CC1. The number of anilines is 2. The molecule has 8 heteroatoms. The summed E-state index contributed by atoms with van der Waals surface area (Å²) in [5.74, 6) is 0.307. The second kappa shape index (κ2) is 8.98. The molecule has 3 rings (SSSR count). The number of nitrogens with zero attached hydrogens (tertiary/aromatic N) is 3. The summed E-state index contributed by atoms with van der Waals surface area (Å²) in [6.07, 6.45) is 2.68. The number of rotatable bonds is 5. The third-order valence-corrected chi connectivity index (χ3v) is 4.30. The first-order chi connectivity index (χ1) is 13.2. The van der Waals surface area contributed by atoms with E-state index in [1.54, 1.807) is 17.9 Å². The Labute approximate surface area is 158 Å². The summed E-state index contributed by atoms with van der Waals surface area (Å²) in [7, 11) is 0. The molecule has 142 valence electrons. The van der Waals surface area contributed by atoms with Crippen LogP contribution in [0.5, 0.6) is 0 Å². The molecule has 1 saturated heterocycles. The van der Waals surface area contributed by atoms with Gasteiger partial charge in [-0.05, 0) is 31.9 Å². The fourth-order valence-electron chi connectivity index (χ4n) is 2.91. The lowest BCUT2D eigenvalue weighted by atomic mass is 10.1. The average Bonchev–Trinajstić information content (AvgIpc) is 2.70. The quantitative estimate of drug-likeness (QED) is 0.841. The van der Waals surface area contributed by atoms with Gasteiger partial charge in [0.15, 0.2) is 0 Å². The maximum atomic E-state index is 12.4. The molecule has 0 saturated carbocycles. The third kappa shape index (κ3) is 5.16. The van der Waals surface area contributed by atoms with Crippen molar-refractivity contribution in [2.45, 2.75) is 25.8 Å². The largest absolute Gasteiger partial charge is 0.450 e. The Morgan fingerprint density at radius 3 is 2.63 bits per heavy atom. The first-order valence-electron chi connectivity index (χ1n) is 9.02. The van der Waals surface area contributed by atoms with Gasteiger partial charge in [-0.2, -0.15) is 0 Å². The van der Waals surface area contributed by atoms with Crippen LogP contribution < -0.4 is 10.6 Å². The zero-order chi connectivity index (χ0) is 19.1. The van der Waals surface area contributed by atoms with Gasteiger partial charge < -0.3 is 20.3 Å². The summed E-state index contributed by atoms with van der Waals surface area (Å²) in [5, 5.41) is 6.13. The van der Waals surface area contributed by atoms with Gasteiger partial charge in [0.05, 0.1) is 6.61 Å². The first-order valence-corrected chi connectivity index (χ1v) is 9.02. The number of carbonyl (C=O) groups is 2. The van der Waals surface area contributed by atoms with Crippen molar-refractivity contribution in [3.05, 3.63) is 48.4 Å². The molecule has 27 heavy (non-hydrogen) atoms. The van der Waals surface area contributed by atoms with Crippen LogP contribution in [0.1, 0.15) is 30.3 Å². The van der Waals surface area contributed by atoms with Crippen LogP contribution in [0.4, 0.5) is 16.3 Å². The first kappa shape index (κ1) is 18.6. The Bertz CT molecular complexity index is 776. The molecule has 0 bridgehead atoms. The van der Waals surface area contributed by atoms with E-state index in [0.29, 0.717) is 36.9 Å². The molecule has 0 radical (unpaired) electrons. The molecule has 1 aliphatic heterocycles. The number of amides is 2. The predicted octanol–water partition coefficient (Wildman–Crippen LogP) is 2.76. The Morgan fingerprint density at radius 2 is 1.93 bits per heavy atom. The van der Waals surface area contributed by atoms with Gasteiger partial charge in [0.2, 0.25) is 0 Å². The number of aromatic nitrogens is 2. The molecule has 2 aromatic rings. The summed E-state index contributed by atoms with van der Waals surface area (Å²) in [5.41, 5.74) is 1.00. The zero-order valence-electron chi connectivity index (χ0n) is 15.2. The number of likely N-dealkylation sites (tertiary alicyclic amines) is 1. The van der Waals surface area contributed by atoms with Crippen molar-refractivity contribution in [3.8, 4) is 0 Å². The van der Waals surface area contributed by atoms with E-state index in [1.807, 2.05) is 30.3 Å². The van der Waals surface area contributed by atoms with Crippen LogP contribution >= 0.6 is 0 Å². The Balaban J connectivity index is 1.55. The smallest absolute Gasteiger partial charge is 0.409 e. The molecule has 8 nitrogen and oxygen atoms in total. The zero-order valence-corrected chi connectivity index (χ0v) is 15.2. The third-order valence-electron chi connectivity index (χ3n) is 4.30. The van der Waals surface area contributed by atoms with Crippen molar-refractivity contribution in [1.82, 2.24) is 14.9 Å². The molecule has 0 atom stereocenters. The van der Waals surface area contributed by atoms with Gasteiger partial charge in [0, 0.05) is 30.9 Å². The number of hydrogen-bond acceptors (Lipinski definition) is 6. The second-order valence-electron chi connectivity index (χ2n) is 6.21. The maximum Gasteiger partial charge on any atom is 0.409 e. The minimum Gasteiger partial charge on any atom is -0.450 e. The molecule has 2 N–H and O–H groups in total. The molecule has 1 aromatic carbocycles. The van der Waals surface area contributed by atoms with Crippen molar-refractivity contribution >= 4 is 23.5 Å². The van der Waals surface area contributed by atoms with Gasteiger partial charge in [-0.1, -0.05) is 18.2 Å². The molecular formula is C19H23N5O3. The fraction of sp³-hybridized carbons (Fsp3) is 0.368.